The van der Waals surface area contributed by atoms with Crippen molar-refractivity contribution < 1.29 is 0 Å². The van der Waals surface area contributed by atoms with Crippen LogP contribution in [0.2, 0.25) is 0 Å². The molecular weight excluding hydrogens is 224 g/mol. The summed E-state index contributed by atoms with van der Waals surface area (Å²) in [7, 11) is 0. The number of aromatic nitrogens is 2. The predicted octanol–water partition coefficient (Wildman–Crippen LogP) is 1.81. The van der Waals surface area contributed by atoms with Gasteiger partial charge in [0.15, 0.2) is 5.69 Å². The van der Waals surface area contributed by atoms with Crippen molar-refractivity contribution in [2.75, 3.05) is 6.54 Å². The Hall–Kier alpha value is -1.86. The third-order valence-corrected chi connectivity index (χ3v) is 3.57. The number of aryl methyl sites for hydroxylation is 1. The topological polar surface area (TPSA) is 53.1 Å². The number of pyridine rings is 1. The van der Waals surface area contributed by atoms with Crippen molar-refractivity contribution in [3.05, 3.63) is 35.4 Å². The standard InChI is InChI=1S/C14H16N4/c1-10-4-6-18-13(7-10)12(9-15)17-14(18)8-11-3-2-5-16-11/h4,6-7,11,16H,2-3,5,8H2,1H3. The van der Waals surface area contributed by atoms with Crippen molar-refractivity contribution in [2.45, 2.75) is 32.2 Å². The van der Waals surface area contributed by atoms with Gasteiger partial charge in [0, 0.05) is 18.7 Å². The highest BCUT2D eigenvalue weighted by Crippen LogP contribution is 2.17. The molecule has 2 aromatic heterocycles. The predicted molar refractivity (Wildman–Crippen MR) is 69.4 cm³/mol. The van der Waals surface area contributed by atoms with Gasteiger partial charge in [0.1, 0.15) is 11.9 Å². The van der Waals surface area contributed by atoms with E-state index in [-0.39, 0.29) is 0 Å². The average molecular weight is 240 g/mol. The summed E-state index contributed by atoms with van der Waals surface area (Å²) in [4.78, 5) is 4.47. The summed E-state index contributed by atoms with van der Waals surface area (Å²) in [6.45, 7) is 3.13. The van der Waals surface area contributed by atoms with Gasteiger partial charge in [0.2, 0.25) is 0 Å². The second-order valence-corrected chi connectivity index (χ2v) is 4.95. The molecule has 18 heavy (non-hydrogen) atoms. The molecule has 0 spiro atoms. The van der Waals surface area contributed by atoms with Gasteiger partial charge in [-0.3, -0.25) is 0 Å². The Balaban J connectivity index is 2.03. The van der Waals surface area contributed by atoms with Gasteiger partial charge < -0.3 is 9.72 Å². The second kappa shape index (κ2) is 4.43. The molecule has 0 saturated carbocycles. The first-order chi connectivity index (χ1) is 8.78. The minimum absolute atomic E-state index is 0.503. The fourth-order valence-corrected chi connectivity index (χ4v) is 2.63. The molecule has 1 atom stereocenters. The Morgan fingerprint density at radius 1 is 1.61 bits per heavy atom. The normalized spacial score (nSPS) is 19.2. The van der Waals surface area contributed by atoms with Crippen LogP contribution in [0.15, 0.2) is 18.3 Å². The maximum Gasteiger partial charge on any atom is 0.166 e. The van der Waals surface area contributed by atoms with Crippen molar-refractivity contribution in [3.8, 4) is 6.07 Å². The van der Waals surface area contributed by atoms with E-state index >= 15 is 0 Å². The number of nitriles is 1. The fraction of sp³-hybridized carbons (Fsp3) is 0.429. The van der Waals surface area contributed by atoms with Crippen LogP contribution in [-0.2, 0) is 6.42 Å². The number of nitrogens with one attached hydrogen (secondary N) is 1. The van der Waals surface area contributed by atoms with Crippen molar-refractivity contribution in [3.63, 3.8) is 0 Å². The van der Waals surface area contributed by atoms with E-state index in [1.54, 1.807) is 0 Å². The molecule has 0 amide bonds. The first-order valence-corrected chi connectivity index (χ1v) is 6.39. The largest absolute Gasteiger partial charge is 0.314 e. The maximum absolute atomic E-state index is 9.16. The van der Waals surface area contributed by atoms with E-state index in [1.807, 2.05) is 23.6 Å². The molecule has 92 valence electrons. The highest BCUT2D eigenvalue weighted by atomic mass is 15.0. The van der Waals surface area contributed by atoms with Crippen LogP contribution < -0.4 is 5.32 Å². The van der Waals surface area contributed by atoms with Gasteiger partial charge in [-0.2, -0.15) is 5.26 Å². The molecule has 1 N–H and O–H groups in total. The van der Waals surface area contributed by atoms with E-state index in [9.17, 15) is 0 Å². The molecule has 4 heteroatoms. The Bertz CT molecular complexity index is 614. The van der Waals surface area contributed by atoms with Crippen LogP contribution in [-0.4, -0.2) is 22.0 Å². The number of fused-ring (bicyclic) bond motifs is 1. The summed E-state index contributed by atoms with van der Waals surface area (Å²) < 4.78 is 2.05. The molecule has 1 fully saturated rings. The molecule has 4 nitrogen and oxygen atoms in total. The summed E-state index contributed by atoms with van der Waals surface area (Å²) in [5.74, 6) is 0.987. The van der Waals surface area contributed by atoms with Crippen LogP contribution in [0.25, 0.3) is 5.52 Å². The van der Waals surface area contributed by atoms with Crippen molar-refractivity contribution in [1.29, 1.82) is 5.26 Å². The highest BCUT2D eigenvalue weighted by molar-refractivity contribution is 5.60. The molecule has 1 unspecified atom stereocenters. The maximum atomic E-state index is 9.16. The molecule has 0 bridgehead atoms. The van der Waals surface area contributed by atoms with Gasteiger partial charge in [0.05, 0.1) is 5.52 Å². The zero-order chi connectivity index (χ0) is 12.5. The van der Waals surface area contributed by atoms with E-state index in [4.69, 9.17) is 5.26 Å². The van der Waals surface area contributed by atoms with Gasteiger partial charge in [0.25, 0.3) is 0 Å². The van der Waals surface area contributed by atoms with Crippen LogP contribution in [0.3, 0.4) is 0 Å². The van der Waals surface area contributed by atoms with Crippen LogP contribution in [0, 0.1) is 18.3 Å². The molecule has 3 rings (SSSR count). The molecule has 2 aromatic rings. The van der Waals surface area contributed by atoms with Crippen molar-refractivity contribution in [1.82, 2.24) is 14.7 Å². The highest BCUT2D eigenvalue weighted by Gasteiger charge is 2.18. The number of hydrogen-bond donors (Lipinski definition) is 1. The summed E-state index contributed by atoms with van der Waals surface area (Å²) in [6.07, 6.45) is 5.34. The molecule has 0 radical (unpaired) electrons. The lowest BCUT2D eigenvalue weighted by Gasteiger charge is -2.08. The van der Waals surface area contributed by atoms with Gasteiger partial charge in [-0.05, 0) is 44.0 Å². The van der Waals surface area contributed by atoms with E-state index < -0.39 is 0 Å². The lowest BCUT2D eigenvalue weighted by atomic mass is 10.1. The SMILES string of the molecule is Cc1ccn2c(CC3CCCN3)nc(C#N)c2c1. The summed E-state index contributed by atoms with van der Waals surface area (Å²) in [5.41, 5.74) is 2.61. The molecule has 0 aliphatic carbocycles. The van der Waals surface area contributed by atoms with E-state index in [0.717, 1.165) is 29.9 Å². The molecule has 1 saturated heterocycles. The molecule has 1 aliphatic heterocycles. The van der Waals surface area contributed by atoms with E-state index in [2.05, 4.69) is 22.4 Å². The lowest BCUT2D eigenvalue weighted by Crippen LogP contribution is -2.24. The van der Waals surface area contributed by atoms with Crippen LogP contribution in [0.4, 0.5) is 0 Å². The molecular formula is C14H16N4. The van der Waals surface area contributed by atoms with E-state index in [0.29, 0.717) is 11.7 Å². The third kappa shape index (κ3) is 1.87. The second-order valence-electron chi connectivity index (χ2n) is 4.95. The Labute approximate surface area is 106 Å². The quantitative estimate of drug-likeness (QED) is 0.871. The zero-order valence-corrected chi connectivity index (χ0v) is 10.5. The summed E-state index contributed by atoms with van der Waals surface area (Å²) in [6, 6.07) is 6.78. The number of imidazole rings is 1. The van der Waals surface area contributed by atoms with Gasteiger partial charge in [-0.1, -0.05) is 0 Å². The number of rotatable bonds is 2. The molecule has 3 heterocycles. The first kappa shape index (κ1) is 11.2. The number of nitrogens with zero attached hydrogens (tertiary/aromatic N) is 3. The first-order valence-electron chi connectivity index (χ1n) is 6.39. The number of hydrogen-bond acceptors (Lipinski definition) is 3. The van der Waals surface area contributed by atoms with Crippen molar-refractivity contribution in [2.24, 2.45) is 0 Å². The Kier molecular flexibility index (Phi) is 2.77. The monoisotopic (exact) mass is 240 g/mol. The summed E-state index contributed by atoms with van der Waals surface area (Å²) >= 11 is 0. The van der Waals surface area contributed by atoms with Crippen molar-refractivity contribution >= 4 is 5.52 Å². The van der Waals surface area contributed by atoms with Crippen LogP contribution in [0.1, 0.15) is 29.9 Å². The minimum atomic E-state index is 0.503. The smallest absolute Gasteiger partial charge is 0.166 e. The van der Waals surface area contributed by atoms with Crippen LogP contribution in [0.5, 0.6) is 0 Å². The average Bonchev–Trinajstić information content (AvgIpc) is 2.98. The third-order valence-electron chi connectivity index (χ3n) is 3.57. The van der Waals surface area contributed by atoms with E-state index in [1.165, 1.54) is 12.8 Å². The minimum Gasteiger partial charge on any atom is -0.314 e. The Morgan fingerprint density at radius 2 is 2.50 bits per heavy atom. The van der Waals surface area contributed by atoms with Gasteiger partial charge in [-0.25, -0.2) is 4.98 Å². The van der Waals surface area contributed by atoms with Gasteiger partial charge in [-0.15, -0.1) is 0 Å². The lowest BCUT2D eigenvalue weighted by molar-refractivity contribution is 0.584. The summed E-state index contributed by atoms with van der Waals surface area (Å²) in [5, 5.41) is 12.6. The fourth-order valence-electron chi connectivity index (χ4n) is 2.63. The van der Waals surface area contributed by atoms with Gasteiger partial charge >= 0.3 is 0 Å². The molecule has 1 aliphatic rings. The zero-order valence-electron chi connectivity index (χ0n) is 10.5. The van der Waals surface area contributed by atoms with Crippen LogP contribution >= 0.6 is 0 Å². The Morgan fingerprint density at radius 3 is 3.22 bits per heavy atom. The molecule has 0 aromatic carbocycles.